The number of aliphatic hydroxyl groups excluding tert-OH is 2. The highest BCUT2D eigenvalue weighted by molar-refractivity contribution is 5.90. The summed E-state index contributed by atoms with van der Waals surface area (Å²) in [5.41, 5.74) is 2.68. The molecule has 206 valence electrons. The molecule has 0 aliphatic heterocycles. The Kier molecular flexibility index (Phi) is 8.07. The van der Waals surface area contributed by atoms with Crippen molar-refractivity contribution in [2.45, 2.75) is 76.9 Å². The van der Waals surface area contributed by atoms with E-state index in [1.54, 1.807) is 25.3 Å². The largest absolute Gasteiger partial charge is 0.508 e. The van der Waals surface area contributed by atoms with Gasteiger partial charge in [-0.3, -0.25) is 0 Å². The Labute approximate surface area is 231 Å². The van der Waals surface area contributed by atoms with Crippen molar-refractivity contribution in [3.05, 3.63) is 54.1 Å². The van der Waals surface area contributed by atoms with Gasteiger partial charge in [0.1, 0.15) is 5.75 Å². The number of aryl methyl sites for hydroxylation is 1. The van der Waals surface area contributed by atoms with Gasteiger partial charge in [-0.15, -0.1) is 5.92 Å². The molecule has 2 aliphatic rings. The average molecular weight is 529 g/mol. The molecule has 0 amide bonds. The van der Waals surface area contributed by atoms with E-state index >= 15 is 0 Å². The van der Waals surface area contributed by atoms with Gasteiger partial charge in [-0.1, -0.05) is 43.5 Å². The third-order valence-corrected chi connectivity index (χ3v) is 9.26. The van der Waals surface area contributed by atoms with Crippen molar-refractivity contribution in [1.29, 1.82) is 0 Å². The van der Waals surface area contributed by atoms with Crippen molar-refractivity contribution in [3.63, 3.8) is 0 Å². The highest BCUT2D eigenvalue weighted by Crippen LogP contribution is 2.44. The number of benzene rings is 3. The highest BCUT2D eigenvalue weighted by Gasteiger charge is 2.38. The van der Waals surface area contributed by atoms with Crippen LogP contribution in [-0.4, -0.2) is 39.7 Å². The van der Waals surface area contributed by atoms with Gasteiger partial charge < -0.3 is 25.2 Å². The summed E-state index contributed by atoms with van der Waals surface area (Å²) in [6.07, 6.45) is 6.48. The second-order valence-electron chi connectivity index (χ2n) is 11.5. The molecule has 5 atom stereocenters. The first-order valence-electron chi connectivity index (χ1n) is 14.3. The minimum atomic E-state index is -0.697. The minimum Gasteiger partial charge on any atom is -0.508 e. The van der Waals surface area contributed by atoms with E-state index < -0.39 is 12.2 Å². The standard InChI is InChI=1S/C34H40O5/c1-3-34-17-4-6-23(16-19-34)32(38)28(7-5-18-34)29(36)14-11-22-12-15-30(37)33(39-2)31(22)26-9-8-25-21-27(35)13-10-24(25)20-26/h8-10,12-13,15,20-21,23,28-29,32,35-38H,3-4,6-7,11,14,16-17,19H2,1-2H3. The number of phenolic OH excluding ortho intramolecular Hbond substituents is 2. The molecule has 0 heterocycles. The van der Waals surface area contributed by atoms with Gasteiger partial charge in [-0.25, -0.2) is 0 Å². The van der Waals surface area contributed by atoms with Crippen molar-refractivity contribution in [2.24, 2.45) is 17.3 Å². The summed E-state index contributed by atoms with van der Waals surface area (Å²) >= 11 is 0. The summed E-state index contributed by atoms with van der Waals surface area (Å²) in [5.74, 6) is 7.52. The van der Waals surface area contributed by atoms with Gasteiger partial charge in [-0.05, 0) is 97.0 Å². The summed E-state index contributed by atoms with van der Waals surface area (Å²) in [7, 11) is 1.54. The number of rotatable bonds is 7. The Hall–Kier alpha value is -3.20. The van der Waals surface area contributed by atoms with Crippen LogP contribution in [0.2, 0.25) is 0 Å². The van der Waals surface area contributed by atoms with E-state index in [1.165, 1.54) is 0 Å². The summed E-state index contributed by atoms with van der Waals surface area (Å²) in [4.78, 5) is 0. The molecule has 5 heteroatoms. The van der Waals surface area contributed by atoms with Crippen molar-refractivity contribution in [2.75, 3.05) is 7.11 Å². The van der Waals surface area contributed by atoms with Gasteiger partial charge in [-0.2, -0.15) is 0 Å². The lowest BCUT2D eigenvalue weighted by molar-refractivity contribution is -0.0231. The first-order chi connectivity index (χ1) is 18.8. The second-order valence-corrected chi connectivity index (χ2v) is 11.5. The molecule has 2 aliphatic carbocycles. The zero-order chi connectivity index (χ0) is 27.6. The maximum atomic E-state index is 11.4. The van der Waals surface area contributed by atoms with E-state index in [4.69, 9.17) is 4.74 Å². The molecule has 0 spiro atoms. The fraction of sp³-hybridized carbons (Fsp3) is 0.471. The average Bonchev–Trinajstić information content (AvgIpc) is 3.13. The highest BCUT2D eigenvalue weighted by atomic mass is 16.5. The predicted octanol–water partition coefficient (Wildman–Crippen LogP) is 6.58. The lowest BCUT2D eigenvalue weighted by Crippen LogP contribution is -2.37. The molecule has 1 fully saturated rings. The Bertz CT molecular complexity index is 1390. The van der Waals surface area contributed by atoms with E-state index in [2.05, 4.69) is 18.8 Å². The molecule has 0 radical (unpaired) electrons. The molecule has 2 bridgehead atoms. The number of hydrogen-bond acceptors (Lipinski definition) is 5. The third kappa shape index (κ3) is 5.60. The van der Waals surface area contributed by atoms with Crippen LogP contribution in [-0.2, 0) is 6.42 Å². The van der Waals surface area contributed by atoms with Crippen LogP contribution in [0.5, 0.6) is 17.2 Å². The van der Waals surface area contributed by atoms with Gasteiger partial charge >= 0.3 is 0 Å². The van der Waals surface area contributed by atoms with Crippen molar-refractivity contribution in [3.8, 4) is 40.2 Å². The Morgan fingerprint density at radius 1 is 1.03 bits per heavy atom. The van der Waals surface area contributed by atoms with Crippen LogP contribution >= 0.6 is 0 Å². The smallest absolute Gasteiger partial charge is 0.168 e. The van der Waals surface area contributed by atoms with Crippen LogP contribution in [0.15, 0.2) is 48.5 Å². The number of hydrogen-bond donors (Lipinski definition) is 4. The topological polar surface area (TPSA) is 90.2 Å². The number of aromatic hydroxyl groups is 2. The predicted molar refractivity (Wildman–Crippen MR) is 155 cm³/mol. The third-order valence-electron chi connectivity index (χ3n) is 9.26. The Morgan fingerprint density at radius 3 is 2.62 bits per heavy atom. The van der Waals surface area contributed by atoms with Gasteiger partial charge in [0.25, 0.3) is 0 Å². The van der Waals surface area contributed by atoms with Crippen LogP contribution in [0.25, 0.3) is 21.9 Å². The van der Waals surface area contributed by atoms with Gasteiger partial charge in [0.15, 0.2) is 11.5 Å². The zero-order valence-corrected chi connectivity index (χ0v) is 23.0. The van der Waals surface area contributed by atoms with E-state index in [0.29, 0.717) is 25.0 Å². The number of ether oxygens (including phenoxy) is 1. The molecule has 4 N–H and O–H groups in total. The van der Waals surface area contributed by atoms with E-state index in [0.717, 1.165) is 66.0 Å². The monoisotopic (exact) mass is 528 g/mol. The summed E-state index contributed by atoms with van der Waals surface area (Å²) in [6, 6.07) is 14.7. The molecule has 0 saturated heterocycles. The lowest BCUT2D eigenvalue weighted by atomic mass is 9.78. The minimum absolute atomic E-state index is 0.0567. The molecule has 3 aromatic rings. The number of methoxy groups -OCH3 is 1. The number of phenols is 2. The van der Waals surface area contributed by atoms with Crippen LogP contribution in [0.1, 0.15) is 63.9 Å². The molecule has 0 aromatic heterocycles. The number of fused-ring (bicyclic) bond motifs is 4. The molecule has 5 nitrogen and oxygen atoms in total. The lowest BCUT2D eigenvalue weighted by Gasteiger charge is -2.31. The second kappa shape index (κ2) is 11.5. The molecular formula is C34H40O5. The Balaban J connectivity index is 1.42. The van der Waals surface area contributed by atoms with Crippen LogP contribution in [0.4, 0.5) is 0 Å². The van der Waals surface area contributed by atoms with Crippen LogP contribution in [0, 0.1) is 29.1 Å². The van der Waals surface area contributed by atoms with Crippen molar-refractivity contribution >= 4 is 10.8 Å². The zero-order valence-electron chi connectivity index (χ0n) is 23.0. The first-order valence-corrected chi connectivity index (χ1v) is 14.3. The molecule has 5 rings (SSSR count). The SMILES string of the molecule is CCC12C#CCC(C(O)CCc3ccc(O)c(OC)c3-c3ccc4cc(O)ccc4c3)C(O)C(CCC1)CC2. The molecule has 5 unspecified atom stereocenters. The number of aliphatic hydroxyl groups is 2. The maximum absolute atomic E-state index is 11.4. The van der Waals surface area contributed by atoms with Crippen LogP contribution < -0.4 is 4.74 Å². The van der Waals surface area contributed by atoms with Gasteiger partial charge in [0.2, 0.25) is 0 Å². The first kappa shape index (κ1) is 27.4. The van der Waals surface area contributed by atoms with Gasteiger partial charge in [0, 0.05) is 23.3 Å². The summed E-state index contributed by atoms with van der Waals surface area (Å²) in [5, 5.41) is 45.1. The van der Waals surface area contributed by atoms with E-state index in [1.807, 2.05) is 30.3 Å². The summed E-state index contributed by atoms with van der Waals surface area (Å²) < 4.78 is 5.64. The fourth-order valence-corrected chi connectivity index (χ4v) is 6.78. The molecular weight excluding hydrogens is 488 g/mol. The Morgan fingerprint density at radius 2 is 1.82 bits per heavy atom. The molecule has 39 heavy (non-hydrogen) atoms. The van der Waals surface area contributed by atoms with Crippen molar-refractivity contribution in [1.82, 2.24) is 0 Å². The van der Waals surface area contributed by atoms with Crippen LogP contribution in [0.3, 0.4) is 0 Å². The maximum Gasteiger partial charge on any atom is 0.168 e. The van der Waals surface area contributed by atoms with E-state index in [-0.39, 0.29) is 28.7 Å². The van der Waals surface area contributed by atoms with Crippen molar-refractivity contribution < 1.29 is 25.2 Å². The van der Waals surface area contributed by atoms with Gasteiger partial charge in [0.05, 0.1) is 19.3 Å². The quantitative estimate of drug-likeness (QED) is 0.260. The molecule has 1 saturated carbocycles. The molecule has 3 aromatic carbocycles. The normalized spacial score (nSPS) is 25.6. The fourth-order valence-electron chi connectivity index (χ4n) is 6.78. The van der Waals surface area contributed by atoms with E-state index in [9.17, 15) is 20.4 Å². The summed E-state index contributed by atoms with van der Waals surface area (Å²) in [6.45, 7) is 2.22.